The second kappa shape index (κ2) is 3.95. The van der Waals surface area contributed by atoms with Crippen LogP contribution in [0, 0.1) is 6.92 Å². The number of hydrogen-bond acceptors (Lipinski definition) is 2. The molecular weight excluding hydrogens is 190 g/mol. The maximum absolute atomic E-state index is 9.13. The minimum Gasteiger partial charge on any atom is -0.494 e. The second-order valence-corrected chi connectivity index (χ2v) is 3.53. The average molecular weight is 205 g/mol. The molecule has 2 N–H and O–H groups in total. The van der Waals surface area contributed by atoms with Crippen LogP contribution in [0.25, 0.3) is 10.9 Å². The van der Waals surface area contributed by atoms with Crippen molar-refractivity contribution in [2.24, 2.45) is 0 Å². The predicted molar refractivity (Wildman–Crippen MR) is 60.1 cm³/mol. The summed E-state index contributed by atoms with van der Waals surface area (Å²) in [5, 5.41) is 10.2. The van der Waals surface area contributed by atoms with E-state index in [1.165, 1.54) is 0 Å². The number of benzene rings is 1. The van der Waals surface area contributed by atoms with Crippen molar-refractivity contribution in [1.29, 1.82) is 0 Å². The van der Waals surface area contributed by atoms with E-state index in [0.29, 0.717) is 6.61 Å². The molecule has 3 heteroatoms. The van der Waals surface area contributed by atoms with Crippen LogP contribution in [0.1, 0.15) is 18.2 Å². The maximum atomic E-state index is 9.13. The molecule has 2 rings (SSSR count). The van der Waals surface area contributed by atoms with Gasteiger partial charge in [-0.1, -0.05) is 0 Å². The molecule has 2 aromatic rings. The summed E-state index contributed by atoms with van der Waals surface area (Å²) in [6.07, 6.45) is 0. The van der Waals surface area contributed by atoms with E-state index in [4.69, 9.17) is 9.84 Å². The molecule has 1 heterocycles. The number of hydrogen-bond donors (Lipinski definition) is 2. The Morgan fingerprint density at radius 2 is 2.20 bits per heavy atom. The molecule has 1 aromatic carbocycles. The Morgan fingerprint density at radius 1 is 1.40 bits per heavy atom. The van der Waals surface area contributed by atoms with Gasteiger partial charge in [0.15, 0.2) is 0 Å². The number of aromatic nitrogens is 1. The maximum Gasteiger partial charge on any atom is 0.120 e. The van der Waals surface area contributed by atoms with Crippen molar-refractivity contribution >= 4 is 10.9 Å². The number of rotatable bonds is 3. The van der Waals surface area contributed by atoms with Crippen molar-refractivity contribution in [2.45, 2.75) is 20.5 Å². The van der Waals surface area contributed by atoms with Gasteiger partial charge in [0.25, 0.3) is 0 Å². The van der Waals surface area contributed by atoms with Crippen LogP contribution < -0.4 is 4.74 Å². The molecule has 3 nitrogen and oxygen atoms in total. The first kappa shape index (κ1) is 10.1. The highest BCUT2D eigenvalue weighted by Gasteiger charge is 2.07. The number of H-pyrrole nitrogens is 1. The first-order valence-electron chi connectivity index (χ1n) is 5.11. The lowest BCUT2D eigenvalue weighted by Gasteiger charge is -2.02. The van der Waals surface area contributed by atoms with E-state index in [1.54, 1.807) is 0 Å². The van der Waals surface area contributed by atoms with E-state index in [1.807, 2.05) is 32.0 Å². The van der Waals surface area contributed by atoms with Gasteiger partial charge in [0.1, 0.15) is 5.75 Å². The minimum atomic E-state index is 0.0461. The molecule has 0 radical (unpaired) electrons. The lowest BCUT2D eigenvalue weighted by Crippen LogP contribution is -1.90. The van der Waals surface area contributed by atoms with Gasteiger partial charge in [0, 0.05) is 16.6 Å². The molecule has 0 atom stereocenters. The molecule has 0 bridgehead atoms. The number of nitrogens with one attached hydrogen (secondary N) is 1. The van der Waals surface area contributed by atoms with E-state index in [2.05, 4.69) is 4.98 Å². The molecule has 1 aromatic heterocycles. The van der Waals surface area contributed by atoms with E-state index in [0.717, 1.165) is 27.9 Å². The molecule has 0 amide bonds. The number of aliphatic hydroxyl groups is 1. The largest absolute Gasteiger partial charge is 0.494 e. The summed E-state index contributed by atoms with van der Waals surface area (Å²) in [4.78, 5) is 3.18. The number of fused-ring (bicyclic) bond motifs is 1. The van der Waals surface area contributed by atoms with Crippen LogP contribution in [0.2, 0.25) is 0 Å². The first-order chi connectivity index (χ1) is 7.26. The fourth-order valence-electron chi connectivity index (χ4n) is 1.78. The Kier molecular flexibility index (Phi) is 2.64. The quantitative estimate of drug-likeness (QED) is 0.808. The summed E-state index contributed by atoms with van der Waals surface area (Å²) in [6.45, 7) is 4.68. The van der Waals surface area contributed by atoms with Crippen LogP contribution in [0.15, 0.2) is 18.2 Å². The van der Waals surface area contributed by atoms with Crippen molar-refractivity contribution in [3.63, 3.8) is 0 Å². The summed E-state index contributed by atoms with van der Waals surface area (Å²) in [5.74, 6) is 0.872. The van der Waals surface area contributed by atoms with Crippen LogP contribution in [0.5, 0.6) is 5.75 Å². The van der Waals surface area contributed by atoms with Gasteiger partial charge in [-0.3, -0.25) is 0 Å². The van der Waals surface area contributed by atoms with Crippen LogP contribution in [-0.2, 0) is 6.61 Å². The van der Waals surface area contributed by atoms with Gasteiger partial charge in [-0.25, -0.2) is 0 Å². The first-order valence-corrected chi connectivity index (χ1v) is 5.11. The smallest absolute Gasteiger partial charge is 0.120 e. The molecule has 0 unspecified atom stereocenters. The zero-order valence-corrected chi connectivity index (χ0v) is 9.00. The molecule has 0 saturated heterocycles. The van der Waals surface area contributed by atoms with Gasteiger partial charge in [-0.2, -0.15) is 0 Å². The highest BCUT2D eigenvalue weighted by Crippen LogP contribution is 2.25. The highest BCUT2D eigenvalue weighted by molar-refractivity contribution is 5.85. The summed E-state index contributed by atoms with van der Waals surface area (Å²) in [5.41, 5.74) is 3.01. The fourth-order valence-corrected chi connectivity index (χ4v) is 1.78. The second-order valence-electron chi connectivity index (χ2n) is 3.53. The average Bonchev–Trinajstić information content (AvgIpc) is 2.56. The molecule has 80 valence electrons. The van der Waals surface area contributed by atoms with Crippen molar-refractivity contribution in [2.75, 3.05) is 6.61 Å². The van der Waals surface area contributed by atoms with Gasteiger partial charge in [-0.15, -0.1) is 0 Å². The third-order valence-corrected chi connectivity index (χ3v) is 2.60. The van der Waals surface area contributed by atoms with Crippen LogP contribution in [0.3, 0.4) is 0 Å². The summed E-state index contributed by atoms with van der Waals surface area (Å²) >= 11 is 0. The number of ether oxygens (including phenoxy) is 1. The minimum absolute atomic E-state index is 0.0461. The van der Waals surface area contributed by atoms with Crippen molar-refractivity contribution < 1.29 is 9.84 Å². The Morgan fingerprint density at radius 3 is 2.87 bits per heavy atom. The lowest BCUT2D eigenvalue weighted by atomic mass is 10.1. The number of aryl methyl sites for hydroxylation is 1. The topological polar surface area (TPSA) is 45.2 Å². The Balaban J connectivity index is 2.54. The predicted octanol–water partition coefficient (Wildman–Crippen LogP) is 2.37. The zero-order valence-electron chi connectivity index (χ0n) is 9.00. The summed E-state index contributed by atoms with van der Waals surface area (Å²) in [7, 11) is 0. The molecule has 0 aliphatic rings. The van der Waals surface area contributed by atoms with Gasteiger partial charge < -0.3 is 14.8 Å². The van der Waals surface area contributed by atoms with Gasteiger partial charge in [0.2, 0.25) is 0 Å². The normalized spacial score (nSPS) is 10.9. The standard InChI is InChI=1S/C12H15NO2/c1-3-15-9-4-5-11-10(6-9)8(2)12(7-14)13-11/h4-6,13-14H,3,7H2,1-2H3. The van der Waals surface area contributed by atoms with Crippen molar-refractivity contribution in [3.05, 3.63) is 29.5 Å². The number of aliphatic hydroxyl groups excluding tert-OH is 1. The highest BCUT2D eigenvalue weighted by atomic mass is 16.5. The summed E-state index contributed by atoms with van der Waals surface area (Å²) < 4.78 is 5.44. The lowest BCUT2D eigenvalue weighted by molar-refractivity contribution is 0.277. The molecule has 0 spiro atoms. The molecule has 0 fully saturated rings. The third kappa shape index (κ3) is 1.70. The summed E-state index contributed by atoms with van der Waals surface area (Å²) in [6, 6.07) is 5.92. The van der Waals surface area contributed by atoms with Gasteiger partial charge in [0.05, 0.1) is 13.2 Å². The van der Waals surface area contributed by atoms with E-state index < -0.39 is 0 Å². The molecule has 0 saturated carbocycles. The monoisotopic (exact) mass is 205 g/mol. The van der Waals surface area contributed by atoms with Crippen LogP contribution in [0.4, 0.5) is 0 Å². The Bertz CT molecular complexity index is 474. The Hall–Kier alpha value is -1.48. The van der Waals surface area contributed by atoms with Crippen LogP contribution in [-0.4, -0.2) is 16.7 Å². The van der Waals surface area contributed by atoms with Crippen LogP contribution >= 0.6 is 0 Å². The van der Waals surface area contributed by atoms with Crippen molar-refractivity contribution in [3.8, 4) is 5.75 Å². The zero-order chi connectivity index (χ0) is 10.8. The van der Waals surface area contributed by atoms with Gasteiger partial charge in [-0.05, 0) is 37.6 Å². The van der Waals surface area contributed by atoms with E-state index in [9.17, 15) is 0 Å². The fraction of sp³-hybridized carbons (Fsp3) is 0.333. The van der Waals surface area contributed by atoms with E-state index in [-0.39, 0.29) is 6.61 Å². The van der Waals surface area contributed by atoms with Gasteiger partial charge >= 0.3 is 0 Å². The Labute approximate surface area is 88.7 Å². The number of aromatic amines is 1. The SMILES string of the molecule is CCOc1ccc2[nH]c(CO)c(C)c2c1. The molecule has 0 aliphatic heterocycles. The molecular formula is C12H15NO2. The molecule has 0 aliphatic carbocycles. The molecule has 15 heavy (non-hydrogen) atoms. The van der Waals surface area contributed by atoms with E-state index >= 15 is 0 Å². The van der Waals surface area contributed by atoms with Crippen molar-refractivity contribution in [1.82, 2.24) is 4.98 Å². The third-order valence-electron chi connectivity index (χ3n) is 2.60.